The lowest BCUT2D eigenvalue weighted by Crippen LogP contribution is -2.09. The zero-order valence-corrected chi connectivity index (χ0v) is 11.3. The van der Waals surface area contributed by atoms with E-state index in [4.69, 9.17) is 0 Å². The highest BCUT2D eigenvalue weighted by atomic mass is 16.3. The molecule has 3 heteroatoms. The SMILES string of the molecule is CC[C@@H](c1ccc(O)cc1)[C@H](C#N)c1ccc(O)cc1. The molecule has 0 heterocycles. The summed E-state index contributed by atoms with van der Waals surface area (Å²) in [5.41, 5.74) is 1.93. The van der Waals surface area contributed by atoms with Crippen molar-refractivity contribution >= 4 is 0 Å². The van der Waals surface area contributed by atoms with Crippen molar-refractivity contribution in [3.8, 4) is 17.6 Å². The highest BCUT2D eigenvalue weighted by molar-refractivity contribution is 5.37. The van der Waals surface area contributed by atoms with Gasteiger partial charge in [-0.3, -0.25) is 0 Å². The molecule has 0 aliphatic carbocycles. The number of hydrogen-bond acceptors (Lipinski definition) is 3. The molecular formula is C17H17NO2. The van der Waals surface area contributed by atoms with Gasteiger partial charge in [-0.1, -0.05) is 31.2 Å². The number of phenolic OH excluding ortho intramolecular Hbond substituents is 2. The van der Waals surface area contributed by atoms with Crippen molar-refractivity contribution in [3.05, 3.63) is 59.7 Å². The molecule has 0 aliphatic rings. The Kier molecular flexibility index (Phi) is 4.27. The van der Waals surface area contributed by atoms with Gasteiger partial charge in [-0.25, -0.2) is 0 Å². The van der Waals surface area contributed by atoms with Crippen LogP contribution >= 0.6 is 0 Å². The average molecular weight is 267 g/mol. The van der Waals surface area contributed by atoms with Crippen molar-refractivity contribution in [3.63, 3.8) is 0 Å². The maximum Gasteiger partial charge on any atom is 0.115 e. The largest absolute Gasteiger partial charge is 0.508 e. The van der Waals surface area contributed by atoms with Gasteiger partial charge in [0.1, 0.15) is 11.5 Å². The standard InChI is InChI=1S/C17H17NO2/c1-2-16(12-3-7-14(19)8-4-12)17(11-18)13-5-9-15(20)10-6-13/h3-10,16-17,19-20H,2H2,1H3/t16-,17+/m0/s1. The molecule has 0 bridgehead atoms. The van der Waals surface area contributed by atoms with Gasteiger partial charge in [-0.2, -0.15) is 5.26 Å². The molecule has 0 unspecified atom stereocenters. The van der Waals surface area contributed by atoms with Gasteiger partial charge in [0.2, 0.25) is 0 Å². The molecule has 2 aromatic rings. The van der Waals surface area contributed by atoms with Gasteiger partial charge in [0, 0.05) is 5.92 Å². The molecule has 0 aliphatic heterocycles. The van der Waals surface area contributed by atoms with Crippen LogP contribution in [-0.4, -0.2) is 10.2 Å². The zero-order valence-electron chi connectivity index (χ0n) is 11.3. The van der Waals surface area contributed by atoms with Crippen LogP contribution in [0.1, 0.15) is 36.3 Å². The summed E-state index contributed by atoms with van der Waals surface area (Å²) in [7, 11) is 0. The summed E-state index contributed by atoms with van der Waals surface area (Å²) in [6, 6.07) is 16.1. The lowest BCUT2D eigenvalue weighted by molar-refractivity contribution is 0.473. The summed E-state index contributed by atoms with van der Waals surface area (Å²) in [4.78, 5) is 0. The van der Waals surface area contributed by atoms with Crippen LogP contribution in [0, 0.1) is 11.3 Å². The molecule has 0 aromatic heterocycles. The van der Waals surface area contributed by atoms with E-state index in [1.54, 1.807) is 36.4 Å². The number of aromatic hydroxyl groups is 2. The van der Waals surface area contributed by atoms with Gasteiger partial charge in [-0.15, -0.1) is 0 Å². The maximum absolute atomic E-state index is 9.50. The van der Waals surface area contributed by atoms with Gasteiger partial charge < -0.3 is 10.2 Å². The fraction of sp³-hybridized carbons (Fsp3) is 0.235. The van der Waals surface area contributed by atoms with E-state index < -0.39 is 0 Å². The molecule has 2 N–H and O–H groups in total. The molecule has 20 heavy (non-hydrogen) atoms. The Hall–Kier alpha value is -2.47. The molecular weight excluding hydrogens is 250 g/mol. The number of rotatable bonds is 4. The van der Waals surface area contributed by atoms with Crippen molar-refractivity contribution in [1.82, 2.24) is 0 Å². The van der Waals surface area contributed by atoms with Crippen molar-refractivity contribution in [2.24, 2.45) is 0 Å². The van der Waals surface area contributed by atoms with Crippen molar-refractivity contribution in [2.45, 2.75) is 25.2 Å². The van der Waals surface area contributed by atoms with Gasteiger partial charge in [0.25, 0.3) is 0 Å². The zero-order chi connectivity index (χ0) is 14.5. The molecule has 0 spiro atoms. The van der Waals surface area contributed by atoms with Gasteiger partial charge in [0.05, 0.1) is 12.0 Å². The summed E-state index contributed by atoms with van der Waals surface area (Å²) in [5.74, 6) is 0.208. The second-order valence-corrected chi connectivity index (χ2v) is 4.80. The van der Waals surface area contributed by atoms with Crippen LogP contribution in [0.3, 0.4) is 0 Å². The van der Waals surface area contributed by atoms with E-state index >= 15 is 0 Å². The van der Waals surface area contributed by atoms with Crippen LogP contribution in [0.2, 0.25) is 0 Å². The lowest BCUT2D eigenvalue weighted by Gasteiger charge is -2.21. The minimum atomic E-state index is -0.273. The smallest absolute Gasteiger partial charge is 0.115 e. The second kappa shape index (κ2) is 6.12. The van der Waals surface area contributed by atoms with E-state index in [0.717, 1.165) is 17.5 Å². The summed E-state index contributed by atoms with van der Waals surface area (Å²) < 4.78 is 0. The topological polar surface area (TPSA) is 64.2 Å². The van der Waals surface area contributed by atoms with Crippen LogP contribution in [-0.2, 0) is 0 Å². The van der Waals surface area contributed by atoms with Gasteiger partial charge >= 0.3 is 0 Å². The number of phenols is 2. The first-order valence-corrected chi connectivity index (χ1v) is 6.63. The Balaban J connectivity index is 2.35. The Labute approximate surface area is 118 Å². The molecule has 102 valence electrons. The number of nitrogens with zero attached hydrogens (tertiary/aromatic N) is 1. The van der Waals surface area contributed by atoms with Crippen molar-refractivity contribution in [1.29, 1.82) is 5.26 Å². The molecule has 2 atom stereocenters. The highest BCUT2D eigenvalue weighted by Gasteiger charge is 2.23. The first kappa shape index (κ1) is 14.0. The highest BCUT2D eigenvalue weighted by Crippen LogP contribution is 2.36. The molecule has 0 radical (unpaired) electrons. The molecule has 0 saturated carbocycles. The number of nitriles is 1. The lowest BCUT2D eigenvalue weighted by atomic mass is 9.81. The Morgan fingerprint density at radius 3 is 1.75 bits per heavy atom. The Bertz CT molecular complexity index is 596. The van der Waals surface area contributed by atoms with E-state index in [1.165, 1.54) is 0 Å². The van der Waals surface area contributed by atoms with Crippen LogP contribution in [0.5, 0.6) is 11.5 Å². The monoisotopic (exact) mass is 267 g/mol. The van der Waals surface area contributed by atoms with E-state index in [-0.39, 0.29) is 23.3 Å². The predicted molar refractivity (Wildman–Crippen MR) is 77.6 cm³/mol. The molecule has 0 fully saturated rings. The van der Waals surface area contributed by atoms with E-state index in [2.05, 4.69) is 6.07 Å². The van der Waals surface area contributed by atoms with Crippen LogP contribution < -0.4 is 0 Å². The van der Waals surface area contributed by atoms with E-state index in [9.17, 15) is 15.5 Å². The molecule has 2 aromatic carbocycles. The average Bonchev–Trinajstić information content (AvgIpc) is 2.47. The maximum atomic E-state index is 9.50. The molecule has 2 rings (SSSR count). The fourth-order valence-corrected chi connectivity index (χ4v) is 2.46. The Morgan fingerprint density at radius 2 is 1.35 bits per heavy atom. The van der Waals surface area contributed by atoms with Gasteiger partial charge in [-0.05, 0) is 41.8 Å². The third-order valence-corrected chi connectivity index (χ3v) is 3.55. The third kappa shape index (κ3) is 2.92. The summed E-state index contributed by atoms with van der Waals surface area (Å²) >= 11 is 0. The van der Waals surface area contributed by atoms with E-state index in [1.807, 2.05) is 19.1 Å². The summed E-state index contributed by atoms with van der Waals surface area (Å²) in [5, 5.41) is 28.2. The summed E-state index contributed by atoms with van der Waals surface area (Å²) in [6.45, 7) is 2.04. The van der Waals surface area contributed by atoms with Crippen molar-refractivity contribution < 1.29 is 10.2 Å². The first-order chi connectivity index (χ1) is 9.65. The van der Waals surface area contributed by atoms with Gasteiger partial charge in [0.15, 0.2) is 0 Å². The molecule has 0 saturated heterocycles. The molecule has 3 nitrogen and oxygen atoms in total. The number of hydrogen-bond donors (Lipinski definition) is 2. The minimum absolute atomic E-state index is 0.0603. The normalized spacial score (nSPS) is 13.4. The van der Waals surface area contributed by atoms with Crippen LogP contribution in [0.25, 0.3) is 0 Å². The van der Waals surface area contributed by atoms with Crippen LogP contribution in [0.15, 0.2) is 48.5 Å². The third-order valence-electron chi connectivity index (χ3n) is 3.55. The summed E-state index contributed by atoms with van der Waals surface area (Å²) in [6.07, 6.45) is 0.823. The first-order valence-electron chi connectivity index (χ1n) is 6.63. The van der Waals surface area contributed by atoms with Crippen molar-refractivity contribution in [2.75, 3.05) is 0 Å². The number of benzene rings is 2. The Morgan fingerprint density at radius 1 is 0.900 bits per heavy atom. The van der Waals surface area contributed by atoms with Crippen LogP contribution in [0.4, 0.5) is 0 Å². The van der Waals surface area contributed by atoms with E-state index in [0.29, 0.717) is 0 Å². The second-order valence-electron chi connectivity index (χ2n) is 4.80. The minimum Gasteiger partial charge on any atom is -0.508 e. The quantitative estimate of drug-likeness (QED) is 0.883. The fourth-order valence-electron chi connectivity index (χ4n) is 2.46. The predicted octanol–water partition coefficient (Wildman–Crippen LogP) is 3.90. The molecule has 0 amide bonds.